The van der Waals surface area contributed by atoms with E-state index in [1.807, 2.05) is 0 Å². The summed E-state index contributed by atoms with van der Waals surface area (Å²) in [4.78, 5) is 22.7. The number of amides is 1. The van der Waals surface area contributed by atoms with Crippen LogP contribution < -0.4 is 10.1 Å². The van der Waals surface area contributed by atoms with Crippen LogP contribution in [0.2, 0.25) is 0 Å². The van der Waals surface area contributed by atoms with E-state index >= 15 is 0 Å². The first-order valence-corrected chi connectivity index (χ1v) is 8.11. The number of nitrogens with zero attached hydrogens (tertiary/aromatic N) is 2. The standard InChI is InChI=1S/C19H14FN3O4/c20-14-2-6-16(7-3-14)27-18-8-1-12(10-17(18)23(25)26)9-13(11-21)19(24)22-15-4-5-15/h1-3,6-10,15H,4-5H2,(H,22,24)/b13-9+. The Morgan fingerprint density at radius 3 is 2.59 bits per heavy atom. The van der Waals surface area contributed by atoms with Gasteiger partial charge in [-0.15, -0.1) is 0 Å². The summed E-state index contributed by atoms with van der Waals surface area (Å²) in [7, 11) is 0. The van der Waals surface area contributed by atoms with E-state index in [0.717, 1.165) is 12.8 Å². The molecule has 0 heterocycles. The van der Waals surface area contributed by atoms with Crippen molar-refractivity contribution in [2.24, 2.45) is 0 Å². The van der Waals surface area contributed by atoms with E-state index < -0.39 is 16.6 Å². The highest BCUT2D eigenvalue weighted by Crippen LogP contribution is 2.33. The predicted molar refractivity (Wildman–Crippen MR) is 94.3 cm³/mol. The molecule has 1 fully saturated rings. The number of ether oxygens (including phenoxy) is 1. The van der Waals surface area contributed by atoms with Crippen LogP contribution >= 0.6 is 0 Å². The van der Waals surface area contributed by atoms with Crippen LogP contribution in [0.15, 0.2) is 48.0 Å². The van der Waals surface area contributed by atoms with Crippen molar-refractivity contribution < 1.29 is 18.8 Å². The normalized spacial score (nSPS) is 13.6. The van der Waals surface area contributed by atoms with Crippen molar-refractivity contribution in [2.75, 3.05) is 0 Å². The molecule has 0 atom stereocenters. The number of carbonyl (C=O) groups excluding carboxylic acids is 1. The summed E-state index contributed by atoms with van der Waals surface area (Å²) in [5.74, 6) is -0.755. The first kappa shape index (κ1) is 18.1. The van der Waals surface area contributed by atoms with Crippen LogP contribution in [0.3, 0.4) is 0 Å². The quantitative estimate of drug-likeness (QED) is 0.363. The van der Waals surface area contributed by atoms with Gasteiger partial charge in [0.25, 0.3) is 5.91 Å². The molecule has 0 aliphatic heterocycles. The van der Waals surface area contributed by atoms with Crippen molar-refractivity contribution in [1.29, 1.82) is 5.26 Å². The van der Waals surface area contributed by atoms with Crippen LogP contribution in [0, 0.1) is 27.3 Å². The Kier molecular flexibility index (Phi) is 5.13. The Bertz CT molecular complexity index is 960. The van der Waals surface area contributed by atoms with Crippen molar-refractivity contribution >= 4 is 17.7 Å². The molecule has 0 spiro atoms. The fourth-order valence-electron chi connectivity index (χ4n) is 2.29. The number of nitro groups is 1. The Morgan fingerprint density at radius 1 is 1.30 bits per heavy atom. The van der Waals surface area contributed by atoms with Gasteiger partial charge in [-0.1, -0.05) is 6.07 Å². The van der Waals surface area contributed by atoms with E-state index in [-0.39, 0.29) is 28.8 Å². The van der Waals surface area contributed by atoms with Crippen LogP contribution in [-0.2, 0) is 4.79 Å². The molecule has 0 radical (unpaired) electrons. The van der Waals surface area contributed by atoms with E-state index in [4.69, 9.17) is 4.74 Å². The molecular formula is C19H14FN3O4. The smallest absolute Gasteiger partial charge is 0.312 e. The third-order valence-electron chi connectivity index (χ3n) is 3.81. The molecule has 3 rings (SSSR count). The lowest BCUT2D eigenvalue weighted by Crippen LogP contribution is -2.26. The average Bonchev–Trinajstić information content (AvgIpc) is 3.46. The number of carbonyl (C=O) groups is 1. The maximum Gasteiger partial charge on any atom is 0.312 e. The van der Waals surface area contributed by atoms with E-state index in [2.05, 4.69) is 5.32 Å². The van der Waals surface area contributed by atoms with Gasteiger partial charge in [-0.05, 0) is 54.8 Å². The van der Waals surface area contributed by atoms with Gasteiger partial charge in [0.15, 0.2) is 0 Å². The van der Waals surface area contributed by atoms with Gasteiger partial charge >= 0.3 is 5.69 Å². The molecule has 1 aliphatic carbocycles. The minimum atomic E-state index is -0.632. The Balaban J connectivity index is 1.87. The highest BCUT2D eigenvalue weighted by molar-refractivity contribution is 6.02. The van der Waals surface area contributed by atoms with Gasteiger partial charge in [-0.25, -0.2) is 4.39 Å². The second-order valence-electron chi connectivity index (χ2n) is 5.96. The van der Waals surface area contributed by atoms with Gasteiger partial charge in [0, 0.05) is 12.1 Å². The summed E-state index contributed by atoms with van der Waals surface area (Å²) in [5, 5.41) is 23.2. The van der Waals surface area contributed by atoms with Gasteiger partial charge in [-0.3, -0.25) is 14.9 Å². The molecule has 0 unspecified atom stereocenters. The van der Waals surface area contributed by atoms with Crippen molar-refractivity contribution in [3.63, 3.8) is 0 Å². The van der Waals surface area contributed by atoms with Crippen LogP contribution in [0.25, 0.3) is 6.08 Å². The number of nitriles is 1. The van der Waals surface area contributed by atoms with Gasteiger partial charge in [0.05, 0.1) is 4.92 Å². The van der Waals surface area contributed by atoms with E-state index in [1.165, 1.54) is 48.5 Å². The van der Waals surface area contributed by atoms with Gasteiger partial charge in [-0.2, -0.15) is 5.26 Å². The Hall–Kier alpha value is -3.73. The zero-order chi connectivity index (χ0) is 19.4. The predicted octanol–water partition coefficient (Wildman–Crippen LogP) is 3.71. The zero-order valence-corrected chi connectivity index (χ0v) is 14.0. The molecular weight excluding hydrogens is 353 g/mol. The van der Waals surface area contributed by atoms with Crippen molar-refractivity contribution in [3.8, 4) is 17.6 Å². The molecule has 2 aromatic carbocycles. The Morgan fingerprint density at radius 2 is 2.00 bits per heavy atom. The SMILES string of the molecule is N#C/C(=C\c1ccc(Oc2ccc(F)cc2)c([N+](=O)[O-])c1)C(=O)NC1CC1. The molecule has 1 saturated carbocycles. The highest BCUT2D eigenvalue weighted by Gasteiger charge is 2.25. The fourth-order valence-corrected chi connectivity index (χ4v) is 2.29. The van der Waals surface area contributed by atoms with Crippen LogP contribution in [0.1, 0.15) is 18.4 Å². The molecule has 1 amide bonds. The molecule has 27 heavy (non-hydrogen) atoms. The topological polar surface area (TPSA) is 105 Å². The lowest BCUT2D eigenvalue weighted by atomic mass is 10.1. The van der Waals surface area contributed by atoms with Crippen molar-refractivity contribution in [3.05, 3.63) is 69.5 Å². The summed E-state index contributed by atoms with van der Waals surface area (Å²) in [6.07, 6.45) is 3.04. The lowest BCUT2D eigenvalue weighted by Gasteiger charge is -2.07. The number of halogens is 1. The van der Waals surface area contributed by atoms with Crippen LogP contribution in [-0.4, -0.2) is 16.9 Å². The van der Waals surface area contributed by atoms with Crippen molar-refractivity contribution in [1.82, 2.24) is 5.32 Å². The van der Waals surface area contributed by atoms with Crippen molar-refractivity contribution in [2.45, 2.75) is 18.9 Å². The fraction of sp³-hybridized carbons (Fsp3) is 0.158. The lowest BCUT2D eigenvalue weighted by molar-refractivity contribution is -0.385. The molecule has 2 aromatic rings. The Labute approximate surface area is 153 Å². The molecule has 1 aliphatic rings. The molecule has 0 bridgehead atoms. The molecule has 0 aromatic heterocycles. The van der Waals surface area contributed by atoms with E-state index in [0.29, 0.717) is 5.56 Å². The maximum absolute atomic E-state index is 13.0. The number of rotatable bonds is 6. The minimum absolute atomic E-state index is 0.0373. The van der Waals surface area contributed by atoms with Gasteiger partial charge in [0.2, 0.25) is 5.75 Å². The third-order valence-corrected chi connectivity index (χ3v) is 3.81. The largest absolute Gasteiger partial charge is 0.450 e. The summed E-state index contributed by atoms with van der Waals surface area (Å²) in [6, 6.07) is 11.0. The summed E-state index contributed by atoms with van der Waals surface area (Å²) in [6.45, 7) is 0. The third kappa shape index (κ3) is 4.67. The summed E-state index contributed by atoms with van der Waals surface area (Å²) in [5.41, 5.74) is -0.160. The number of nitrogens with one attached hydrogen (secondary N) is 1. The van der Waals surface area contributed by atoms with Gasteiger partial charge in [0.1, 0.15) is 23.2 Å². The molecule has 136 valence electrons. The van der Waals surface area contributed by atoms with Crippen LogP contribution in [0.5, 0.6) is 11.5 Å². The maximum atomic E-state index is 13.0. The molecule has 8 heteroatoms. The van der Waals surface area contributed by atoms with Crippen LogP contribution in [0.4, 0.5) is 10.1 Å². The summed E-state index contributed by atoms with van der Waals surface area (Å²) < 4.78 is 18.4. The average molecular weight is 367 g/mol. The molecule has 7 nitrogen and oxygen atoms in total. The number of hydrogen-bond acceptors (Lipinski definition) is 5. The number of benzene rings is 2. The second kappa shape index (κ2) is 7.66. The summed E-state index contributed by atoms with van der Waals surface area (Å²) >= 11 is 0. The number of hydrogen-bond donors (Lipinski definition) is 1. The first-order valence-electron chi connectivity index (χ1n) is 8.11. The first-order chi connectivity index (χ1) is 13.0. The molecule has 0 saturated heterocycles. The molecule has 1 N–H and O–H groups in total. The zero-order valence-electron chi connectivity index (χ0n) is 14.0. The highest BCUT2D eigenvalue weighted by atomic mass is 19.1. The number of nitro benzene ring substituents is 1. The monoisotopic (exact) mass is 367 g/mol. The van der Waals surface area contributed by atoms with E-state index in [1.54, 1.807) is 6.07 Å². The minimum Gasteiger partial charge on any atom is -0.450 e. The second-order valence-corrected chi connectivity index (χ2v) is 5.96. The van der Waals surface area contributed by atoms with Gasteiger partial charge < -0.3 is 10.1 Å². The van der Waals surface area contributed by atoms with E-state index in [9.17, 15) is 24.6 Å².